The number of hydrogen-bond donors (Lipinski definition) is 0. The first kappa shape index (κ1) is 25.6. The summed E-state index contributed by atoms with van der Waals surface area (Å²) in [5, 5.41) is 0.222. The molecule has 9 nitrogen and oxygen atoms in total. The first-order chi connectivity index (χ1) is 19.9. The molecule has 0 N–H and O–H groups in total. The number of rotatable bonds is 6. The van der Waals surface area contributed by atoms with E-state index < -0.39 is 23.2 Å². The molecule has 2 amide bonds. The van der Waals surface area contributed by atoms with Crippen molar-refractivity contribution in [3.8, 4) is 28.6 Å². The highest BCUT2D eigenvalue weighted by Crippen LogP contribution is 2.37. The Morgan fingerprint density at radius 2 is 1.41 bits per heavy atom. The van der Waals surface area contributed by atoms with Gasteiger partial charge in [0.2, 0.25) is 11.2 Å². The molecular formula is C32H21NO8. The Bertz CT molecular complexity index is 1910. The van der Waals surface area contributed by atoms with Crippen molar-refractivity contribution in [3.63, 3.8) is 0 Å². The molecule has 0 unspecified atom stereocenters. The van der Waals surface area contributed by atoms with Gasteiger partial charge in [0, 0.05) is 5.56 Å². The quantitative estimate of drug-likeness (QED) is 0.202. The molecule has 5 aromatic rings. The molecule has 9 heteroatoms. The van der Waals surface area contributed by atoms with E-state index in [0.29, 0.717) is 22.6 Å². The van der Waals surface area contributed by atoms with Crippen LogP contribution < -0.4 is 24.5 Å². The Morgan fingerprint density at radius 3 is 2.12 bits per heavy atom. The summed E-state index contributed by atoms with van der Waals surface area (Å²) in [6.45, 7) is 0. The molecule has 1 aromatic heterocycles. The molecule has 4 aromatic carbocycles. The van der Waals surface area contributed by atoms with Gasteiger partial charge in [0.05, 0.1) is 42.0 Å². The number of carbonyl (C=O) groups excluding carboxylic acids is 3. The summed E-state index contributed by atoms with van der Waals surface area (Å²) in [6.07, 6.45) is 0. The number of methoxy groups -OCH3 is 2. The van der Waals surface area contributed by atoms with Crippen LogP contribution in [0.2, 0.25) is 0 Å². The van der Waals surface area contributed by atoms with Crippen LogP contribution in [-0.2, 0) is 0 Å². The number of ether oxygens (including phenoxy) is 3. The van der Waals surface area contributed by atoms with Gasteiger partial charge >= 0.3 is 5.97 Å². The van der Waals surface area contributed by atoms with Gasteiger partial charge in [-0.05, 0) is 60.7 Å². The van der Waals surface area contributed by atoms with Gasteiger partial charge in [-0.25, -0.2) is 9.69 Å². The molecule has 1 aliphatic heterocycles. The average Bonchev–Trinajstić information content (AvgIpc) is 3.27. The fourth-order valence-electron chi connectivity index (χ4n) is 4.73. The van der Waals surface area contributed by atoms with Crippen LogP contribution in [0.5, 0.6) is 17.2 Å². The second-order valence-electron chi connectivity index (χ2n) is 9.09. The first-order valence-electron chi connectivity index (χ1n) is 12.5. The summed E-state index contributed by atoms with van der Waals surface area (Å²) in [5.41, 5.74) is 0.920. The van der Waals surface area contributed by atoms with Crippen LogP contribution in [0.1, 0.15) is 31.1 Å². The van der Waals surface area contributed by atoms with Crippen LogP contribution in [0, 0.1) is 0 Å². The summed E-state index contributed by atoms with van der Waals surface area (Å²) >= 11 is 0. The number of anilines is 1. The minimum atomic E-state index is -0.882. The van der Waals surface area contributed by atoms with Crippen molar-refractivity contribution in [3.05, 3.63) is 118 Å². The van der Waals surface area contributed by atoms with Crippen LogP contribution in [0.3, 0.4) is 0 Å². The topological polar surface area (TPSA) is 112 Å². The highest BCUT2D eigenvalue weighted by molar-refractivity contribution is 6.34. The summed E-state index contributed by atoms with van der Waals surface area (Å²) in [6, 6.07) is 23.9. The van der Waals surface area contributed by atoms with Crippen molar-refractivity contribution in [1.29, 1.82) is 0 Å². The number of hydrogen-bond acceptors (Lipinski definition) is 8. The molecule has 6 rings (SSSR count). The van der Waals surface area contributed by atoms with Crippen LogP contribution in [-0.4, -0.2) is 32.0 Å². The molecule has 2 heterocycles. The van der Waals surface area contributed by atoms with E-state index >= 15 is 0 Å². The van der Waals surface area contributed by atoms with E-state index in [4.69, 9.17) is 18.6 Å². The maximum Gasteiger partial charge on any atom is 0.343 e. The monoisotopic (exact) mass is 547 g/mol. The van der Waals surface area contributed by atoms with Gasteiger partial charge < -0.3 is 18.6 Å². The zero-order valence-corrected chi connectivity index (χ0v) is 21.9. The third kappa shape index (κ3) is 4.29. The number of nitrogens with zero attached hydrogens (tertiary/aromatic N) is 1. The predicted molar refractivity (Wildman–Crippen MR) is 150 cm³/mol. The van der Waals surface area contributed by atoms with Crippen molar-refractivity contribution in [1.82, 2.24) is 0 Å². The standard InChI is InChI=1S/C32H21NO8/c1-38-25-15-14-18(17-26(25)39-2)28-29(27(34)23-12-5-6-13-24(23)40-28)41-32(37)19-8-7-9-20(16-19)33-30(35)21-10-3-4-11-22(21)31(33)36/h3-17H,1-2H3. The smallest absolute Gasteiger partial charge is 0.343 e. The van der Waals surface area contributed by atoms with Crippen LogP contribution in [0.15, 0.2) is 100 Å². The third-order valence-corrected chi connectivity index (χ3v) is 6.73. The Hall–Kier alpha value is -5.70. The molecule has 0 saturated heterocycles. The second kappa shape index (κ2) is 10.1. The van der Waals surface area contributed by atoms with Gasteiger partial charge in [0.15, 0.2) is 17.3 Å². The van der Waals surface area contributed by atoms with E-state index in [1.807, 2.05) is 0 Å². The molecule has 0 aliphatic carbocycles. The number of para-hydroxylation sites is 1. The molecule has 0 atom stereocenters. The van der Waals surface area contributed by atoms with Gasteiger partial charge in [-0.15, -0.1) is 0 Å². The fourth-order valence-corrected chi connectivity index (χ4v) is 4.73. The maximum absolute atomic E-state index is 13.6. The van der Waals surface area contributed by atoms with Crippen molar-refractivity contribution in [2.24, 2.45) is 0 Å². The molecule has 0 fully saturated rings. The van der Waals surface area contributed by atoms with Crippen molar-refractivity contribution < 1.29 is 33.0 Å². The van der Waals surface area contributed by atoms with Crippen molar-refractivity contribution >= 4 is 34.4 Å². The normalized spacial score (nSPS) is 12.4. The molecule has 0 spiro atoms. The summed E-state index contributed by atoms with van der Waals surface area (Å²) in [4.78, 5) is 53.9. The third-order valence-electron chi connectivity index (χ3n) is 6.73. The molecule has 0 saturated carbocycles. The lowest BCUT2D eigenvalue weighted by Crippen LogP contribution is -2.29. The number of carbonyl (C=O) groups is 3. The Labute approximate surface area is 233 Å². The highest BCUT2D eigenvalue weighted by atomic mass is 16.5. The number of benzene rings is 4. The molecule has 0 bridgehead atoms. The molecule has 0 radical (unpaired) electrons. The lowest BCUT2D eigenvalue weighted by molar-refractivity contribution is 0.0730. The van der Waals surface area contributed by atoms with E-state index in [2.05, 4.69) is 0 Å². The second-order valence-corrected chi connectivity index (χ2v) is 9.09. The molecular weight excluding hydrogens is 526 g/mol. The highest BCUT2D eigenvalue weighted by Gasteiger charge is 2.36. The summed E-state index contributed by atoms with van der Waals surface area (Å²) in [5.74, 6) is -1.35. The Kier molecular flexibility index (Phi) is 6.31. The van der Waals surface area contributed by atoms with E-state index in [1.165, 1.54) is 38.5 Å². The van der Waals surface area contributed by atoms with E-state index in [1.54, 1.807) is 66.7 Å². The molecule has 1 aliphatic rings. The summed E-state index contributed by atoms with van der Waals surface area (Å²) < 4.78 is 22.5. The van der Waals surface area contributed by atoms with Crippen LogP contribution in [0.4, 0.5) is 5.69 Å². The lowest BCUT2D eigenvalue weighted by atomic mass is 10.1. The van der Waals surface area contributed by atoms with E-state index in [0.717, 1.165) is 4.90 Å². The van der Waals surface area contributed by atoms with Gasteiger partial charge in [0.25, 0.3) is 11.8 Å². The van der Waals surface area contributed by atoms with Crippen LogP contribution >= 0.6 is 0 Å². The SMILES string of the molecule is COc1ccc(-c2oc3ccccc3c(=O)c2OC(=O)c2cccc(N3C(=O)c4ccccc4C3=O)c2)cc1OC. The maximum atomic E-state index is 13.6. The minimum absolute atomic E-state index is 0.0134. The average molecular weight is 548 g/mol. The van der Waals surface area contributed by atoms with Crippen molar-refractivity contribution in [2.75, 3.05) is 19.1 Å². The zero-order valence-electron chi connectivity index (χ0n) is 21.9. The number of fused-ring (bicyclic) bond motifs is 2. The van der Waals surface area contributed by atoms with Gasteiger partial charge in [-0.3, -0.25) is 14.4 Å². The molecule has 202 valence electrons. The van der Waals surface area contributed by atoms with E-state index in [-0.39, 0.29) is 39.3 Å². The Morgan fingerprint density at radius 1 is 0.732 bits per heavy atom. The fraction of sp³-hybridized carbons (Fsp3) is 0.0625. The largest absolute Gasteiger partial charge is 0.493 e. The number of esters is 1. The zero-order chi connectivity index (χ0) is 28.7. The van der Waals surface area contributed by atoms with Gasteiger partial charge in [-0.2, -0.15) is 0 Å². The van der Waals surface area contributed by atoms with Crippen LogP contribution in [0.25, 0.3) is 22.3 Å². The molecule has 41 heavy (non-hydrogen) atoms. The van der Waals surface area contributed by atoms with Crippen molar-refractivity contribution in [2.45, 2.75) is 0 Å². The Balaban J connectivity index is 1.41. The number of imide groups is 1. The predicted octanol–water partition coefficient (Wildman–Crippen LogP) is 5.50. The minimum Gasteiger partial charge on any atom is -0.493 e. The summed E-state index contributed by atoms with van der Waals surface area (Å²) in [7, 11) is 2.97. The van der Waals surface area contributed by atoms with E-state index in [9.17, 15) is 19.2 Å². The number of amides is 2. The van der Waals surface area contributed by atoms with Gasteiger partial charge in [0.1, 0.15) is 5.58 Å². The lowest BCUT2D eigenvalue weighted by Gasteiger charge is -2.15. The first-order valence-corrected chi connectivity index (χ1v) is 12.5. The van der Waals surface area contributed by atoms with Gasteiger partial charge in [-0.1, -0.05) is 30.3 Å².